The van der Waals surface area contributed by atoms with E-state index in [0.717, 1.165) is 17.9 Å². The van der Waals surface area contributed by atoms with Gasteiger partial charge in [0.15, 0.2) is 0 Å². The van der Waals surface area contributed by atoms with Gasteiger partial charge >= 0.3 is 0 Å². The van der Waals surface area contributed by atoms with Crippen LogP contribution in [0.5, 0.6) is 0 Å². The van der Waals surface area contributed by atoms with Gasteiger partial charge in [0.2, 0.25) is 0 Å². The molecule has 0 saturated carbocycles. The zero-order valence-corrected chi connectivity index (χ0v) is 11.0. The summed E-state index contributed by atoms with van der Waals surface area (Å²) >= 11 is 0. The highest BCUT2D eigenvalue weighted by molar-refractivity contribution is 5.81. The van der Waals surface area contributed by atoms with Gasteiger partial charge < -0.3 is 5.32 Å². The summed E-state index contributed by atoms with van der Waals surface area (Å²) in [6.45, 7) is 9.69. The first-order valence-corrected chi connectivity index (χ1v) is 6.06. The first kappa shape index (κ1) is 11.9. The quantitative estimate of drug-likeness (QED) is 0.840. The van der Waals surface area contributed by atoms with Crippen molar-refractivity contribution in [3.63, 3.8) is 0 Å². The topological polar surface area (TPSA) is 24.9 Å². The fraction of sp³-hybridized carbons (Fsp3) is 0.400. The van der Waals surface area contributed by atoms with E-state index in [2.05, 4.69) is 56.2 Å². The van der Waals surface area contributed by atoms with Gasteiger partial charge in [-0.1, -0.05) is 39.0 Å². The third-order valence-electron chi connectivity index (χ3n) is 2.70. The predicted molar refractivity (Wildman–Crippen MR) is 74.4 cm³/mol. The van der Waals surface area contributed by atoms with Crippen molar-refractivity contribution in [1.29, 1.82) is 0 Å². The minimum absolute atomic E-state index is 0.264. The Kier molecular flexibility index (Phi) is 3.05. The maximum Gasteiger partial charge on any atom is 0.129 e. The van der Waals surface area contributed by atoms with E-state index >= 15 is 0 Å². The van der Waals surface area contributed by atoms with Crippen molar-refractivity contribution in [3.05, 3.63) is 35.9 Å². The standard InChI is InChI=1S/C15H20N2/c1-11-9-12-7-5-6-8-13(12)17-14(11)16-10-15(2,3)4/h5-9H,10H2,1-4H3,(H,16,17). The van der Waals surface area contributed by atoms with Crippen molar-refractivity contribution in [2.24, 2.45) is 5.41 Å². The average molecular weight is 228 g/mol. The van der Waals surface area contributed by atoms with E-state index < -0.39 is 0 Å². The van der Waals surface area contributed by atoms with Gasteiger partial charge in [-0.25, -0.2) is 4.98 Å². The van der Waals surface area contributed by atoms with Crippen LogP contribution in [-0.4, -0.2) is 11.5 Å². The predicted octanol–water partition coefficient (Wildman–Crippen LogP) is 4.00. The molecule has 1 heterocycles. The highest BCUT2D eigenvalue weighted by Gasteiger charge is 2.11. The Labute approximate surface area is 103 Å². The van der Waals surface area contributed by atoms with Crippen LogP contribution >= 0.6 is 0 Å². The number of para-hydroxylation sites is 1. The Morgan fingerprint density at radius 1 is 1.18 bits per heavy atom. The first-order valence-electron chi connectivity index (χ1n) is 6.06. The maximum absolute atomic E-state index is 4.67. The van der Waals surface area contributed by atoms with Crippen LogP contribution in [0.2, 0.25) is 0 Å². The van der Waals surface area contributed by atoms with E-state index in [1.807, 2.05) is 12.1 Å². The van der Waals surface area contributed by atoms with Crippen molar-refractivity contribution in [1.82, 2.24) is 4.98 Å². The number of aromatic nitrogens is 1. The van der Waals surface area contributed by atoms with Gasteiger partial charge in [0.25, 0.3) is 0 Å². The summed E-state index contributed by atoms with van der Waals surface area (Å²) in [7, 11) is 0. The number of nitrogens with one attached hydrogen (secondary N) is 1. The molecule has 0 bridgehead atoms. The molecule has 0 aliphatic heterocycles. The van der Waals surface area contributed by atoms with Crippen LogP contribution in [0.25, 0.3) is 10.9 Å². The number of anilines is 1. The zero-order valence-electron chi connectivity index (χ0n) is 11.0. The highest BCUT2D eigenvalue weighted by atomic mass is 15.0. The lowest BCUT2D eigenvalue weighted by Gasteiger charge is -2.20. The van der Waals surface area contributed by atoms with Gasteiger partial charge in [0.1, 0.15) is 5.82 Å². The maximum atomic E-state index is 4.67. The summed E-state index contributed by atoms with van der Waals surface area (Å²) in [6.07, 6.45) is 0. The smallest absolute Gasteiger partial charge is 0.129 e. The molecule has 17 heavy (non-hydrogen) atoms. The largest absolute Gasteiger partial charge is 0.369 e. The molecular formula is C15H20N2. The lowest BCUT2D eigenvalue weighted by atomic mass is 9.97. The minimum atomic E-state index is 0.264. The molecule has 0 amide bonds. The van der Waals surface area contributed by atoms with Gasteiger partial charge in [-0.3, -0.25) is 0 Å². The molecular weight excluding hydrogens is 208 g/mol. The summed E-state index contributed by atoms with van der Waals surface area (Å²) in [4.78, 5) is 4.67. The number of benzene rings is 1. The van der Waals surface area contributed by atoms with Crippen molar-refractivity contribution < 1.29 is 0 Å². The first-order chi connectivity index (χ1) is 7.96. The van der Waals surface area contributed by atoms with Crippen LogP contribution in [0.3, 0.4) is 0 Å². The molecule has 0 radical (unpaired) electrons. The second-order valence-electron chi connectivity index (χ2n) is 5.76. The number of hydrogen-bond donors (Lipinski definition) is 1. The van der Waals surface area contributed by atoms with Gasteiger partial charge in [-0.05, 0) is 30.0 Å². The van der Waals surface area contributed by atoms with Crippen LogP contribution in [0.15, 0.2) is 30.3 Å². The summed E-state index contributed by atoms with van der Waals surface area (Å²) in [5.41, 5.74) is 2.52. The number of rotatable bonds is 2. The number of fused-ring (bicyclic) bond motifs is 1. The van der Waals surface area contributed by atoms with Gasteiger partial charge in [-0.15, -0.1) is 0 Å². The summed E-state index contributed by atoms with van der Waals surface area (Å²) in [6, 6.07) is 10.4. The Hall–Kier alpha value is -1.57. The fourth-order valence-corrected chi connectivity index (χ4v) is 1.75. The molecule has 2 nitrogen and oxygen atoms in total. The molecule has 2 rings (SSSR count). The molecule has 0 unspecified atom stereocenters. The molecule has 2 heteroatoms. The molecule has 0 saturated heterocycles. The van der Waals surface area contributed by atoms with Crippen LogP contribution in [-0.2, 0) is 0 Å². The Morgan fingerprint density at radius 2 is 1.88 bits per heavy atom. The zero-order chi connectivity index (χ0) is 12.5. The Bertz CT molecular complexity index is 524. The SMILES string of the molecule is Cc1cc2ccccc2nc1NCC(C)(C)C. The summed E-state index contributed by atoms with van der Waals surface area (Å²) < 4.78 is 0. The van der Waals surface area contributed by atoms with Crippen LogP contribution in [0.4, 0.5) is 5.82 Å². The Morgan fingerprint density at radius 3 is 2.59 bits per heavy atom. The Balaban J connectivity index is 2.31. The van der Waals surface area contributed by atoms with Gasteiger partial charge in [0.05, 0.1) is 5.52 Å². The second-order valence-corrected chi connectivity index (χ2v) is 5.76. The summed E-state index contributed by atoms with van der Waals surface area (Å²) in [5, 5.41) is 4.63. The molecule has 0 atom stereocenters. The fourth-order valence-electron chi connectivity index (χ4n) is 1.75. The van der Waals surface area contributed by atoms with Crippen LogP contribution in [0, 0.1) is 12.3 Å². The van der Waals surface area contributed by atoms with Gasteiger partial charge in [-0.2, -0.15) is 0 Å². The average Bonchev–Trinajstić information content (AvgIpc) is 2.25. The van der Waals surface area contributed by atoms with Crippen molar-refractivity contribution >= 4 is 16.7 Å². The third kappa shape index (κ3) is 2.96. The van der Waals surface area contributed by atoms with E-state index in [4.69, 9.17) is 0 Å². The van der Waals surface area contributed by atoms with E-state index in [1.165, 1.54) is 10.9 Å². The molecule has 0 spiro atoms. The number of hydrogen-bond acceptors (Lipinski definition) is 2. The van der Waals surface area contributed by atoms with Crippen LogP contribution in [0.1, 0.15) is 26.3 Å². The monoisotopic (exact) mass is 228 g/mol. The third-order valence-corrected chi connectivity index (χ3v) is 2.70. The van der Waals surface area contributed by atoms with Crippen molar-refractivity contribution in [2.45, 2.75) is 27.7 Å². The summed E-state index contributed by atoms with van der Waals surface area (Å²) in [5.74, 6) is 0.999. The lowest BCUT2D eigenvalue weighted by molar-refractivity contribution is 0.442. The van der Waals surface area contributed by atoms with Gasteiger partial charge in [0, 0.05) is 11.9 Å². The van der Waals surface area contributed by atoms with E-state index in [0.29, 0.717) is 0 Å². The van der Waals surface area contributed by atoms with Crippen molar-refractivity contribution in [3.8, 4) is 0 Å². The second kappa shape index (κ2) is 4.36. The van der Waals surface area contributed by atoms with Crippen LogP contribution < -0.4 is 5.32 Å². The van der Waals surface area contributed by atoms with E-state index in [-0.39, 0.29) is 5.41 Å². The number of pyridine rings is 1. The minimum Gasteiger partial charge on any atom is -0.369 e. The van der Waals surface area contributed by atoms with E-state index in [9.17, 15) is 0 Å². The van der Waals surface area contributed by atoms with Crippen molar-refractivity contribution in [2.75, 3.05) is 11.9 Å². The highest BCUT2D eigenvalue weighted by Crippen LogP contribution is 2.21. The molecule has 1 aromatic carbocycles. The normalized spacial score (nSPS) is 11.8. The molecule has 1 aromatic heterocycles. The molecule has 0 fully saturated rings. The number of aryl methyl sites for hydroxylation is 1. The molecule has 90 valence electrons. The molecule has 2 aromatic rings. The van der Waals surface area contributed by atoms with E-state index in [1.54, 1.807) is 0 Å². The molecule has 1 N–H and O–H groups in total. The molecule has 0 aliphatic rings. The number of nitrogens with zero attached hydrogens (tertiary/aromatic N) is 1. The lowest BCUT2D eigenvalue weighted by Crippen LogP contribution is -2.20. The molecule has 0 aliphatic carbocycles.